The minimum absolute atomic E-state index is 0.159. The third-order valence-corrected chi connectivity index (χ3v) is 4.14. The SMILES string of the molecule is Cc1ccc2nc(COC3CCC(C(=O)O)CC3)cn2c1. The van der Waals surface area contributed by atoms with Crippen LogP contribution in [0.5, 0.6) is 0 Å². The van der Waals surface area contributed by atoms with Crippen molar-refractivity contribution in [3.8, 4) is 0 Å². The smallest absolute Gasteiger partial charge is 0.306 e. The Morgan fingerprint density at radius 1 is 1.33 bits per heavy atom. The Morgan fingerprint density at radius 3 is 2.81 bits per heavy atom. The van der Waals surface area contributed by atoms with Gasteiger partial charge >= 0.3 is 5.97 Å². The minimum atomic E-state index is -0.677. The lowest BCUT2D eigenvalue weighted by molar-refractivity contribution is -0.143. The van der Waals surface area contributed by atoms with Crippen molar-refractivity contribution in [3.05, 3.63) is 35.8 Å². The molecular formula is C16H20N2O3. The fraction of sp³-hybridized carbons (Fsp3) is 0.500. The summed E-state index contributed by atoms with van der Waals surface area (Å²) in [6.45, 7) is 2.54. The van der Waals surface area contributed by atoms with Gasteiger partial charge in [0.1, 0.15) is 5.65 Å². The van der Waals surface area contributed by atoms with Gasteiger partial charge in [0, 0.05) is 12.4 Å². The molecule has 3 rings (SSSR count). The Balaban J connectivity index is 1.56. The molecule has 1 N–H and O–H groups in total. The van der Waals surface area contributed by atoms with E-state index in [1.54, 1.807) is 0 Å². The van der Waals surface area contributed by atoms with Crippen molar-refractivity contribution in [1.82, 2.24) is 9.38 Å². The second-order valence-corrected chi connectivity index (χ2v) is 5.83. The first kappa shape index (κ1) is 14.1. The van der Waals surface area contributed by atoms with E-state index in [0.29, 0.717) is 19.4 Å². The van der Waals surface area contributed by atoms with Gasteiger partial charge in [0.15, 0.2) is 0 Å². The zero-order valence-electron chi connectivity index (χ0n) is 12.2. The van der Waals surface area contributed by atoms with Crippen molar-refractivity contribution >= 4 is 11.6 Å². The highest BCUT2D eigenvalue weighted by molar-refractivity contribution is 5.70. The number of ether oxygens (including phenoxy) is 1. The fourth-order valence-corrected chi connectivity index (χ4v) is 2.90. The summed E-state index contributed by atoms with van der Waals surface area (Å²) in [6.07, 6.45) is 7.27. The maximum atomic E-state index is 10.9. The van der Waals surface area contributed by atoms with Gasteiger partial charge in [-0.15, -0.1) is 0 Å². The molecular weight excluding hydrogens is 268 g/mol. The van der Waals surface area contributed by atoms with E-state index in [1.165, 1.54) is 5.56 Å². The van der Waals surface area contributed by atoms with Gasteiger partial charge in [0.05, 0.1) is 24.3 Å². The summed E-state index contributed by atoms with van der Waals surface area (Å²) in [6, 6.07) is 4.04. The Morgan fingerprint density at radius 2 is 2.10 bits per heavy atom. The molecule has 2 heterocycles. The standard InChI is InChI=1S/C16H20N2O3/c1-11-2-7-15-17-13(9-18(15)8-11)10-21-14-5-3-12(4-6-14)16(19)20/h2,7-9,12,14H,3-6,10H2,1H3,(H,19,20). The third kappa shape index (κ3) is 3.24. The van der Waals surface area contributed by atoms with Crippen LogP contribution in [0.25, 0.3) is 5.65 Å². The van der Waals surface area contributed by atoms with Crippen molar-refractivity contribution in [2.75, 3.05) is 0 Å². The van der Waals surface area contributed by atoms with Crippen molar-refractivity contribution in [1.29, 1.82) is 0 Å². The van der Waals surface area contributed by atoms with E-state index in [0.717, 1.165) is 24.2 Å². The maximum absolute atomic E-state index is 10.9. The highest BCUT2D eigenvalue weighted by Gasteiger charge is 2.26. The topological polar surface area (TPSA) is 63.8 Å². The van der Waals surface area contributed by atoms with E-state index in [4.69, 9.17) is 9.84 Å². The van der Waals surface area contributed by atoms with Crippen LogP contribution in [0.4, 0.5) is 0 Å². The quantitative estimate of drug-likeness (QED) is 0.939. The summed E-state index contributed by atoms with van der Waals surface area (Å²) in [7, 11) is 0. The Bertz CT molecular complexity index is 642. The zero-order valence-corrected chi connectivity index (χ0v) is 12.2. The molecule has 5 heteroatoms. The van der Waals surface area contributed by atoms with Gasteiger partial charge in [-0.25, -0.2) is 4.98 Å². The third-order valence-electron chi connectivity index (χ3n) is 4.14. The van der Waals surface area contributed by atoms with E-state index in [1.807, 2.05) is 28.9 Å². The number of aryl methyl sites for hydroxylation is 1. The predicted molar refractivity (Wildman–Crippen MR) is 78.1 cm³/mol. The Kier molecular flexibility index (Phi) is 3.92. The summed E-state index contributed by atoms with van der Waals surface area (Å²) in [5.74, 6) is -0.868. The van der Waals surface area contributed by atoms with Gasteiger partial charge < -0.3 is 14.2 Å². The van der Waals surface area contributed by atoms with Gasteiger partial charge in [0.25, 0.3) is 0 Å². The molecule has 1 aliphatic rings. The van der Waals surface area contributed by atoms with Crippen LogP contribution >= 0.6 is 0 Å². The van der Waals surface area contributed by atoms with Crippen LogP contribution in [0.3, 0.4) is 0 Å². The van der Waals surface area contributed by atoms with Gasteiger partial charge in [0.2, 0.25) is 0 Å². The molecule has 0 radical (unpaired) electrons. The molecule has 0 unspecified atom stereocenters. The first-order chi connectivity index (χ1) is 10.1. The molecule has 0 bridgehead atoms. The highest BCUT2D eigenvalue weighted by atomic mass is 16.5. The van der Waals surface area contributed by atoms with Gasteiger partial charge in [-0.3, -0.25) is 4.79 Å². The minimum Gasteiger partial charge on any atom is -0.481 e. The molecule has 0 saturated heterocycles. The van der Waals surface area contributed by atoms with Crippen LogP contribution in [0.15, 0.2) is 24.5 Å². The van der Waals surface area contributed by atoms with Crippen LogP contribution in [-0.4, -0.2) is 26.6 Å². The number of carbonyl (C=O) groups is 1. The summed E-state index contributed by atoms with van der Waals surface area (Å²) in [5, 5.41) is 8.98. The van der Waals surface area contributed by atoms with Gasteiger partial charge in [-0.2, -0.15) is 0 Å². The fourth-order valence-electron chi connectivity index (χ4n) is 2.90. The molecule has 21 heavy (non-hydrogen) atoms. The Labute approximate surface area is 123 Å². The molecule has 2 aromatic rings. The summed E-state index contributed by atoms with van der Waals surface area (Å²) < 4.78 is 7.90. The summed E-state index contributed by atoms with van der Waals surface area (Å²) in [5.41, 5.74) is 3.04. The molecule has 0 spiro atoms. The first-order valence-corrected chi connectivity index (χ1v) is 7.40. The lowest BCUT2D eigenvalue weighted by Gasteiger charge is -2.25. The number of aliphatic carboxylic acids is 1. The first-order valence-electron chi connectivity index (χ1n) is 7.40. The molecule has 5 nitrogen and oxygen atoms in total. The number of hydrogen-bond donors (Lipinski definition) is 1. The highest BCUT2D eigenvalue weighted by Crippen LogP contribution is 2.26. The van der Waals surface area contributed by atoms with Crippen molar-refractivity contribution in [2.24, 2.45) is 5.92 Å². The molecule has 1 aliphatic carbocycles. The van der Waals surface area contributed by atoms with Crippen molar-refractivity contribution in [3.63, 3.8) is 0 Å². The number of fused-ring (bicyclic) bond motifs is 1. The molecule has 112 valence electrons. The summed E-state index contributed by atoms with van der Waals surface area (Å²) in [4.78, 5) is 15.4. The number of carboxylic acid groups (broad SMARTS) is 1. The average Bonchev–Trinajstić information content (AvgIpc) is 2.87. The number of carboxylic acids is 1. The molecule has 0 amide bonds. The van der Waals surface area contributed by atoms with Crippen molar-refractivity contribution in [2.45, 2.75) is 45.3 Å². The van der Waals surface area contributed by atoms with Crippen LogP contribution in [0.1, 0.15) is 36.9 Å². The lowest BCUT2D eigenvalue weighted by atomic mass is 9.87. The number of rotatable bonds is 4. The monoisotopic (exact) mass is 288 g/mol. The molecule has 0 atom stereocenters. The van der Waals surface area contributed by atoms with Crippen LogP contribution in [0, 0.1) is 12.8 Å². The van der Waals surface area contributed by atoms with E-state index < -0.39 is 5.97 Å². The second-order valence-electron chi connectivity index (χ2n) is 5.83. The number of pyridine rings is 1. The lowest BCUT2D eigenvalue weighted by Crippen LogP contribution is -2.25. The molecule has 1 fully saturated rings. The average molecular weight is 288 g/mol. The van der Waals surface area contributed by atoms with E-state index >= 15 is 0 Å². The molecule has 0 aromatic carbocycles. The molecule has 2 aromatic heterocycles. The number of nitrogens with zero attached hydrogens (tertiary/aromatic N) is 2. The van der Waals surface area contributed by atoms with Gasteiger partial charge in [-0.1, -0.05) is 6.07 Å². The predicted octanol–water partition coefficient (Wildman–Crippen LogP) is 2.80. The van der Waals surface area contributed by atoms with E-state index in [9.17, 15) is 4.79 Å². The largest absolute Gasteiger partial charge is 0.481 e. The molecule has 0 aliphatic heterocycles. The Hall–Kier alpha value is -1.88. The van der Waals surface area contributed by atoms with Gasteiger partial charge in [-0.05, 0) is 44.2 Å². The normalized spacial score (nSPS) is 22.5. The van der Waals surface area contributed by atoms with Crippen LogP contribution in [0.2, 0.25) is 0 Å². The van der Waals surface area contributed by atoms with Crippen molar-refractivity contribution < 1.29 is 14.6 Å². The van der Waals surface area contributed by atoms with Crippen LogP contribution < -0.4 is 0 Å². The second kappa shape index (κ2) is 5.85. The number of imidazole rings is 1. The molecule has 1 saturated carbocycles. The summed E-state index contributed by atoms with van der Waals surface area (Å²) >= 11 is 0. The number of hydrogen-bond acceptors (Lipinski definition) is 3. The maximum Gasteiger partial charge on any atom is 0.306 e. The van der Waals surface area contributed by atoms with Crippen LogP contribution in [-0.2, 0) is 16.1 Å². The number of aromatic nitrogens is 2. The zero-order chi connectivity index (χ0) is 14.8. The van der Waals surface area contributed by atoms with E-state index in [2.05, 4.69) is 11.9 Å². The van der Waals surface area contributed by atoms with E-state index in [-0.39, 0.29) is 12.0 Å².